The van der Waals surface area contributed by atoms with E-state index in [1.807, 2.05) is 0 Å². The van der Waals surface area contributed by atoms with Gasteiger partial charge >= 0.3 is 5.97 Å². The largest absolute Gasteiger partial charge is 0.497 e. The lowest BCUT2D eigenvalue weighted by atomic mass is 10.1. The number of fused-ring (bicyclic) bond motifs is 1. The highest BCUT2D eigenvalue weighted by molar-refractivity contribution is 6.27. The van der Waals surface area contributed by atoms with Crippen LogP contribution in [0.15, 0.2) is 24.3 Å². The Bertz CT molecular complexity index is 651. The average molecular weight is 317 g/mol. The molecule has 1 aromatic rings. The number of imide groups is 1. The van der Waals surface area contributed by atoms with Gasteiger partial charge in [-0.25, -0.2) is 0 Å². The summed E-state index contributed by atoms with van der Waals surface area (Å²) in [6, 6.07) is 6.68. The van der Waals surface area contributed by atoms with E-state index in [1.165, 1.54) is 0 Å². The molecule has 1 saturated carbocycles. The summed E-state index contributed by atoms with van der Waals surface area (Å²) in [6.07, 6.45) is 0. The van der Waals surface area contributed by atoms with E-state index in [-0.39, 0.29) is 11.8 Å². The van der Waals surface area contributed by atoms with Crippen molar-refractivity contribution in [1.29, 1.82) is 0 Å². The molecular weight excluding hydrogens is 298 g/mol. The van der Waals surface area contributed by atoms with E-state index in [0.717, 1.165) is 4.90 Å². The van der Waals surface area contributed by atoms with Crippen LogP contribution in [-0.4, -0.2) is 30.5 Å². The third-order valence-corrected chi connectivity index (χ3v) is 4.04. The van der Waals surface area contributed by atoms with E-state index >= 15 is 0 Å². The fourth-order valence-electron chi connectivity index (χ4n) is 2.98. The number of anilines is 1. The lowest BCUT2D eigenvalue weighted by Crippen LogP contribution is -2.37. The highest BCUT2D eigenvalue weighted by Gasteiger charge is 2.71. The Balaban J connectivity index is 1.75. The van der Waals surface area contributed by atoms with Crippen LogP contribution >= 0.6 is 0 Å². The molecule has 0 N–H and O–H groups in total. The summed E-state index contributed by atoms with van der Waals surface area (Å²) in [5.41, 5.74) is -0.133. The second-order valence-electron chi connectivity index (χ2n) is 6.82. The van der Waals surface area contributed by atoms with Gasteiger partial charge in [0.05, 0.1) is 30.6 Å². The van der Waals surface area contributed by atoms with Crippen LogP contribution in [0.4, 0.5) is 5.69 Å². The minimum absolute atomic E-state index is 0.332. The third-order valence-electron chi connectivity index (χ3n) is 4.04. The Morgan fingerprint density at radius 1 is 1.04 bits per heavy atom. The first kappa shape index (κ1) is 15.5. The molecule has 6 nitrogen and oxygen atoms in total. The van der Waals surface area contributed by atoms with Crippen LogP contribution in [0.1, 0.15) is 20.8 Å². The topological polar surface area (TPSA) is 72.9 Å². The van der Waals surface area contributed by atoms with Crippen molar-refractivity contribution in [2.45, 2.75) is 26.4 Å². The highest BCUT2D eigenvalue weighted by Crippen LogP contribution is 2.55. The molecule has 1 unspecified atom stereocenters. The van der Waals surface area contributed by atoms with Gasteiger partial charge in [0.2, 0.25) is 11.8 Å². The predicted octanol–water partition coefficient (Wildman–Crippen LogP) is 1.77. The molecule has 0 aromatic heterocycles. The molecule has 122 valence electrons. The molecule has 2 fully saturated rings. The zero-order valence-electron chi connectivity index (χ0n) is 13.5. The maximum Gasteiger partial charge on any atom is 0.311 e. The van der Waals surface area contributed by atoms with E-state index in [1.54, 1.807) is 52.1 Å². The minimum Gasteiger partial charge on any atom is -0.497 e. The Kier molecular flexibility index (Phi) is 3.43. The standard InChI is InChI=1S/C17H19NO5/c1-17(2,3)23-16(21)13-11-12(13)15(20)18(14(11)19)9-5-7-10(22-4)8-6-9/h5-8,11-13H,1-4H3/t11-,12+,13?. The molecule has 1 aliphatic heterocycles. The molecule has 3 atom stereocenters. The summed E-state index contributed by atoms with van der Waals surface area (Å²) >= 11 is 0. The van der Waals surface area contributed by atoms with Crippen LogP contribution in [0.5, 0.6) is 5.75 Å². The fourth-order valence-corrected chi connectivity index (χ4v) is 2.98. The van der Waals surface area contributed by atoms with Crippen molar-refractivity contribution in [3.05, 3.63) is 24.3 Å². The lowest BCUT2D eigenvalue weighted by Gasteiger charge is -2.22. The molecule has 3 rings (SSSR count). The maximum atomic E-state index is 12.5. The van der Waals surface area contributed by atoms with Gasteiger partial charge in [0, 0.05) is 0 Å². The summed E-state index contributed by atoms with van der Waals surface area (Å²) < 4.78 is 10.3. The minimum atomic E-state index is -0.635. The molecule has 0 spiro atoms. The first-order chi connectivity index (χ1) is 10.7. The molecule has 23 heavy (non-hydrogen) atoms. The van der Waals surface area contributed by atoms with Crippen molar-refractivity contribution in [3.63, 3.8) is 0 Å². The highest BCUT2D eigenvalue weighted by atomic mass is 16.6. The fraction of sp³-hybridized carbons (Fsp3) is 0.471. The second kappa shape index (κ2) is 5.08. The van der Waals surface area contributed by atoms with E-state index in [4.69, 9.17) is 9.47 Å². The van der Waals surface area contributed by atoms with Crippen molar-refractivity contribution < 1.29 is 23.9 Å². The van der Waals surface area contributed by atoms with E-state index in [2.05, 4.69) is 0 Å². The van der Waals surface area contributed by atoms with Crippen molar-refractivity contribution in [3.8, 4) is 5.75 Å². The Labute approximate surface area is 134 Å². The molecule has 1 aromatic carbocycles. The van der Waals surface area contributed by atoms with Crippen LogP contribution in [0.2, 0.25) is 0 Å². The van der Waals surface area contributed by atoms with Gasteiger partial charge in [0.25, 0.3) is 0 Å². The smallest absolute Gasteiger partial charge is 0.311 e. The molecule has 1 aliphatic carbocycles. The van der Waals surface area contributed by atoms with Gasteiger partial charge in [-0.1, -0.05) is 0 Å². The third kappa shape index (κ3) is 2.58. The SMILES string of the molecule is COc1ccc(N2C(=O)[C@@H]3C(C(=O)OC(C)(C)C)[C@@H]3C2=O)cc1. The number of ether oxygens (including phenoxy) is 2. The van der Waals surface area contributed by atoms with E-state index in [0.29, 0.717) is 11.4 Å². The van der Waals surface area contributed by atoms with Crippen LogP contribution in [-0.2, 0) is 19.1 Å². The predicted molar refractivity (Wildman–Crippen MR) is 81.8 cm³/mol. The van der Waals surface area contributed by atoms with Crippen LogP contribution in [0, 0.1) is 17.8 Å². The molecule has 2 aliphatic rings. The van der Waals surface area contributed by atoms with Gasteiger partial charge in [-0.3, -0.25) is 19.3 Å². The number of nitrogens with zero attached hydrogens (tertiary/aromatic N) is 1. The molecule has 1 heterocycles. The van der Waals surface area contributed by atoms with Gasteiger partial charge in [0.15, 0.2) is 0 Å². The van der Waals surface area contributed by atoms with Gasteiger partial charge in [0.1, 0.15) is 11.4 Å². The van der Waals surface area contributed by atoms with Gasteiger partial charge in [-0.2, -0.15) is 0 Å². The second-order valence-corrected chi connectivity index (χ2v) is 6.82. The molecule has 6 heteroatoms. The number of hydrogen-bond acceptors (Lipinski definition) is 5. The van der Waals surface area contributed by atoms with Crippen LogP contribution in [0.25, 0.3) is 0 Å². The molecule has 1 saturated heterocycles. The average Bonchev–Trinajstić information content (AvgIpc) is 3.16. The van der Waals surface area contributed by atoms with Crippen molar-refractivity contribution in [1.82, 2.24) is 0 Å². The summed E-state index contributed by atoms with van der Waals surface area (Å²) in [5.74, 6) is -2.29. The molecular formula is C17H19NO5. The lowest BCUT2D eigenvalue weighted by molar-refractivity contribution is -0.158. The zero-order chi connectivity index (χ0) is 16.9. The monoisotopic (exact) mass is 317 g/mol. The summed E-state index contributed by atoms with van der Waals surface area (Å²) in [4.78, 5) is 38.2. The number of carbonyl (C=O) groups excluding carboxylic acids is 3. The van der Waals surface area contributed by atoms with Gasteiger partial charge in [-0.15, -0.1) is 0 Å². The summed E-state index contributed by atoms with van der Waals surface area (Å²) in [6.45, 7) is 5.28. The van der Waals surface area contributed by atoms with Crippen molar-refractivity contribution >= 4 is 23.5 Å². The Morgan fingerprint density at radius 2 is 1.57 bits per heavy atom. The number of amides is 2. The molecule has 0 radical (unpaired) electrons. The number of methoxy groups -OCH3 is 1. The van der Waals surface area contributed by atoms with Gasteiger partial charge in [-0.05, 0) is 45.0 Å². The molecule has 2 amide bonds. The Morgan fingerprint density at radius 3 is 2.00 bits per heavy atom. The first-order valence-electron chi connectivity index (χ1n) is 7.49. The summed E-state index contributed by atoms with van der Waals surface area (Å²) in [5, 5.41) is 0. The zero-order valence-corrected chi connectivity index (χ0v) is 13.5. The van der Waals surface area contributed by atoms with Crippen molar-refractivity contribution in [2.75, 3.05) is 12.0 Å². The van der Waals surface area contributed by atoms with E-state index < -0.39 is 29.3 Å². The van der Waals surface area contributed by atoms with Crippen molar-refractivity contribution in [2.24, 2.45) is 17.8 Å². The van der Waals surface area contributed by atoms with Crippen LogP contribution in [0.3, 0.4) is 0 Å². The van der Waals surface area contributed by atoms with Gasteiger partial charge < -0.3 is 9.47 Å². The molecule has 0 bridgehead atoms. The van der Waals surface area contributed by atoms with E-state index in [9.17, 15) is 14.4 Å². The first-order valence-corrected chi connectivity index (χ1v) is 7.49. The Hall–Kier alpha value is -2.37. The normalized spacial score (nSPS) is 26.1. The number of rotatable bonds is 3. The quantitative estimate of drug-likeness (QED) is 0.627. The number of piperidine rings is 1. The number of carbonyl (C=O) groups is 3. The maximum absolute atomic E-state index is 12.5. The number of benzene rings is 1. The summed E-state index contributed by atoms with van der Waals surface area (Å²) in [7, 11) is 1.54. The number of esters is 1. The van der Waals surface area contributed by atoms with Crippen LogP contribution < -0.4 is 9.64 Å². The number of hydrogen-bond donors (Lipinski definition) is 0.